The predicted octanol–water partition coefficient (Wildman–Crippen LogP) is 0.983. The molecule has 0 aliphatic carbocycles. The summed E-state index contributed by atoms with van der Waals surface area (Å²) in [5, 5.41) is 0. The SMILES string of the molecule is CC[CH2][Na]. The molecular formula is C3H7Na. The second-order valence-corrected chi connectivity index (χ2v) is 2.00. The molecule has 0 atom stereocenters. The van der Waals surface area contributed by atoms with Crippen molar-refractivity contribution in [3.05, 3.63) is 0 Å². The number of hydrogen-bond acceptors (Lipinski definition) is 0. The van der Waals surface area contributed by atoms with E-state index in [0.717, 1.165) is 0 Å². The first kappa shape index (κ1) is 5.00. The molecule has 0 amide bonds. The first-order valence-corrected chi connectivity index (χ1v) is 3.33. The van der Waals surface area contributed by atoms with Gasteiger partial charge in [0.2, 0.25) is 0 Å². The van der Waals surface area contributed by atoms with E-state index in [4.69, 9.17) is 0 Å². The van der Waals surface area contributed by atoms with Crippen LogP contribution in [-0.2, 0) is 0 Å². The summed E-state index contributed by atoms with van der Waals surface area (Å²) >= 11 is 1.39. The fourth-order valence-electron chi connectivity index (χ4n) is 0. The summed E-state index contributed by atoms with van der Waals surface area (Å²) in [4.78, 5) is 0. The van der Waals surface area contributed by atoms with Crippen molar-refractivity contribution in [2.24, 2.45) is 0 Å². The van der Waals surface area contributed by atoms with Gasteiger partial charge in [0.15, 0.2) is 0 Å². The van der Waals surface area contributed by atoms with E-state index < -0.39 is 0 Å². The molecule has 0 radical (unpaired) electrons. The van der Waals surface area contributed by atoms with Crippen LogP contribution in [0, 0.1) is 0 Å². The van der Waals surface area contributed by atoms with Crippen molar-refractivity contribution in [1.29, 1.82) is 0 Å². The van der Waals surface area contributed by atoms with E-state index >= 15 is 0 Å². The monoisotopic (exact) mass is 66.0 g/mol. The van der Waals surface area contributed by atoms with Gasteiger partial charge in [-0.1, -0.05) is 0 Å². The normalized spacial score (nSPS) is 7.75. The Hall–Kier alpha value is 1.00. The zero-order valence-corrected chi connectivity index (χ0v) is 5.41. The maximum atomic E-state index is 2.22. The minimum absolute atomic E-state index is 1.38. The van der Waals surface area contributed by atoms with E-state index in [0.29, 0.717) is 0 Å². The molecule has 4 heavy (non-hydrogen) atoms. The molecular weight excluding hydrogens is 59.0 g/mol. The van der Waals surface area contributed by atoms with E-state index in [1.54, 1.807) is 0 Å². The molecule has 0 N–H and O–H groups in total. The van der Waals surface area contributed by atoms with E-state index in [2.05, 4.69) is 6.92 Å². The molecule has 0 bridgehead atoms. The average Bonchev–Trinajstić information content (AvgIpc) is 1.37. The molecule has 20 valence electrons. The molecule has 0 saturated carbocycles. The van der Waals surface area contributed by atoms with Gasteiger partial charge in [0.05, 0.1) is 0 Å². The third kappa shape index (κ3) is 3.00. The van der Waals surface area contributed by atoms with Gasteiger partial charge in [0.1, 0.15) is 0 Å². The van der Waals surface area contributed by atoms with Crippen LogP contribution in [-0.4, -0.2) is 27.9 Å². The van der Waals surface area contributed by atoms with Crippen LogP contribution in [0.1, 0.15) is 13.3 Å². The second-order valence-electron chi connectivity index (χ2n) is 1.000. The molecule has 0 aromatic carbocycles. The quantitative estimate of drug-likeness (QED) is 0.400. The van der Waals surface area contributed by atoms with Crippen LogP contribution in [0.4, 0.5) is 0 Å². The molecule has 0 saturated heterocycles. The summed E-state index contributed by atoms with van der Waals surface area (Å²) in [6.07, 6.45) is 1.38. The molecule has 0 aromatic rings. The van der Waals surface area contributed by atoms with E-state index in [1.807, 2.05) is 0 Å². The third-order valence-corrected chi connectivity index (χ3v) is 1.50. The van der Waals surface area contributed by atoms with Gasteiger partial charge in [0.25, 0.3) is 0 Å². The third-order valence-electron chi connectivity index (χ3n) is 0.500. The van der Waals surface area contributed by atoms with Gasteiger partial charge < -0.3 is 0 Å². The van der Waals surface area contributed by atoms with Gasteiger partial charge in [-0.3, -0.25) is 0 Å². The van der Waals surface area contributed by atoms with Crippen molar-refractivity contribution in [2.75, 3.05) is 0 Å². The van der Waals surface area contributed by atoms with Gasteiger partial charge >= 0.3 is 44.9 Å². The standard InChI is InChI=1S/C3H7.Na/c1-3-2;/h1,3H2,2H3;. The van der Waals surface area contributed by atoms with Crippen molar-refractivity contribution < 1.29 is 0 Å². The Labute approximate surface area is 45.0 Å². The van der Waals surface area contributed by atoms with Crippen LogP contribution in [0.15, 0.2) is 0 Å². The first-order chi connectivity index (χ1) is 1.91. The summed E-state index contributed by atoms with van der Waals surface area (Å²) in [6.45, 7) is 2.22. The van der Waals surface area contributed by atoms with E-state index in [-0.39, 0.29) is 0 Å². The fraction of sp³-hybridized carbons (Fsp3) is 1.00. The summed E-state index contributed by atoms with van der Waals surface area (Å²) < 4.78 is 1.46. The van der Waals surface area contributed by atoms with Crippen LogP contribution in [0.5, 0.6) is 0 Å². The van der Waals surface area contributed by atoms with Crippen molar-refractivity contribution in [2.45, 2.75) is 17.0 Å². The van der Waals surface area contributed by atoms with Gasteiger partial charge in [-0.25, -0.2) is 0 Å². The Bertz CT molecular complexity index is 5.25. The molecule has 0 fully saturated rings. The molecule has 0 aromatic heterocycles. The Balaban J connectivity index is 1.97. The topological polar surface area (TPSA) is 0 Å². The zero-order valence-electron chi connectivity index (χ0n) is 3.41. The van der Waals surface area contributed by atoms with Crippen LogP contribution < -0.4 is 0 Å². The second kappa shape index (κ2) is 4.00. The molecule has 0 heterocycles. The Morgan fingerprint density at radius 2 is 2.00 bits per heavy atom. The van der Waals surface area contributed by atoms with Crippen molar-refractivity contribution in [1.82, 2.24) is 0 Å². The molecule has 0 rings (SSSR count). The van der Waals surface area contributed by atoms with Crippen molar-refractivity contribution >= 4 is 27.9 Å². The van der Waals surface area contributed by atoms with Crippen LogP contribution in [0.3, 0.4) is 0 Å². The van der Waals surface area contributed by atoms with Crippen LogP contribution in [0.25, 0.3) is 0 Å². The molecule has 1 heteroatoms. The predicted molar refractivity (Wildman–Crippen MR) is 20.9 cm³/mol. The number of hydrogen-bond donors (Lipinski definition) is 0. The molecule has 0 aliphatic rings. The molecule has 0 aliphatic heterocycles. The number of rotatable bonds is 1. The van der Waals surface area contributed by atoms with Crippen LogP contribution >= 0.6 is 0 Å². The van der Waals surface area contributed by atoms with Crippen LogP contribution in [0.2, 0.25) is 3.67 Å². The van der Waals surface area contributed by atoms with Gasteiger partial charge in [-0.15, -0.1) is 0 Å². The average molecular weight is 66.1 g/mol. The van der Waals surface area contributed by atoms with Crippen molar-refractivity contribution in [3.63, 3.8) is 0 Å². The zero-order chi connectivity index (χ0) is 3.41. The van der Waals surface area contributed by atoms with Gasteiger partial charge in [-0.2, -0.15) is 0 Å². The summed E-state index contributed by atoms with van der Waals surface area (Å²) in [7, 11) is 0. The van der Waals surface area contributed by atoms with Gasteiger partial charge in [0, 0.05) is 0 Å². The first-order valence-electron chi connectivity index (χ1n) is 1.91. The maximum absolute atomic E-state index is 2.22. The van der Waals surface area contributed by atoms with Gasteiger partial charge in [-0.05, 0) is 0 Å². The Morgan fingerprint density at radius 1 is 1.75 bits per heavy atom. The minimum atomic E-state index is 1.38. The summed E-state index contributed by atoms with van der Waals surface area (Å²) in [6, 6.07) is 0. The van der Waals surface area contributed by atoms with Crippen molar-refractivity contribution in [3.8, 4) is 0 Å². The molecule has 0 nitrogen and oxygen atoms in total. The summed E-state index contributed by atoms with van der Waals surface area (Å²) in [5.74, 6) is 0. The molecule has 0 spiro atoms. The Kier molecular flexibility index (Phi) is 5.00. The Morgan fingerprint density at radius 3 is 2.00 bits per heavy atom. The van der Waals surface area contributed by atoms with E-state index in [9.17, 15) is 0 Å². The summed E-state index contributed by atoms with van der Waals surface area (Å²) in [5.41, 5.74) is 0. The van der Waals surface area contributed by atoms with E-state index in [1.165, 1.54) is 38.0 Å². The fourth-order valence-corrected chi connectivity index (χ4v) is 0. The molecule has 0 unspecified atom stereocenters.